The van der Waals surface area contributed by atoms with Crippen molar-refractivity contribution in [1.82, 2.24) is 15.8 Å². The minimum absolute atomic E-state index is 0.0544. The van der Waals surface area contributed by atoms with Crippen LogP contribution in [0, 0.1) is 0 Å². The Kier molecular flexibility index (Phi) is 5.97. The molecule has 1 aromatic carbocycles. The first kappa shape index (κ1) is 19.7. The summed E-state index contributed by atoms with van der Waals surface area (Å²) < 4.78 is 5.31. The van der Waals surface area contributed by atoms with E-state index in [0.29, 0.717) is 13.2 Å². The van der Waals surface area contributed by atoms with Crippen LogP contribution in [-0.4, -0.2) is 54.3 Å². The van der Waals surface area contributed by atoms with Gasteiger partial charge in [-0.3, -0.25) is 25.2 Å². The maximum atomic E-state index is 12.3. The number of rotatable bonds is 4. The zero-order valence-electron chi connectivity index (χ0n) is 15.3. The van der Waals surface area contributed by atoms with E-state index in [2.05, 4.69) is 26.1 Å². The lowest BCUT2D eigenvalue weighted by atomic mass is 10.2. The van der Waals surface area contributed by atoms with E-state index in [0.717, 1.165) is 28.8 Å². The number of fused-ring (bicyclic) bond motifs is 1. The van der Waals surface area contributed by atoms with Gasteiger partial charge in [0.15, 0.2) is 5.13 Å². The number of nitrogens with zero attached hydrogens (tertiary/aromatic N) is 2. The van der Waals surface area contributed by atoms with Crippen molar-refractivity contribution in [2.45, 2.75) is 16.6 Å². The summed E-state index contributed by atoms with van der Waals surface area (Å²) in [7, 11) is 0. The number of hydrazine groups is 1. The SMILES string of the molecule is O=C(CC1Sc2ccccc2NC1=O)NNC(=O)c1csc(N2CCOCC2)n1. The minimum Gasteiger partial charge on any atom is -0.378 e. The van der Waals surface area contributed by atoms with Gasteiger partial charge in [0.1, 0.15) is 5.69 Å². The van der Waals surface area contributed by atoms with Crippen LogP contribution in [0.1, 0.15) is 16.9 Å². The van der Waals surface area contributed by atoms with Gasteiger partial charge in [0.2, 0.25) is 11.8 Å². The molecule has 9 nitrogen and oxygen atoms in total. The quantitative estimate of drug-likeness (QED) is 0.622. The van der Waals surface area contributed by atoms with E-state index in [1.165, 1.54) is 23.1 Å². The monoisotopic (exact) mass is 433 g/mol. The second kappa shape index (κ2) is 8.80. The molecule has 0 spiro atoms. The summed E-state index contributed by atoms with van der Waals surface area (Å²) in [6.07, 6.45) is -0.0544. The topological polar surface area (TPSA) is 113 Å². The predicted octanol–water partition coefficient (Wildman–Crippen LogP) is 1.24. The fourth-order valence-corrected chi connectivity index (χ4v) is 4.88. The van der Waals surface area contributed by atoms with E-state index in [-0.39, 0.29) is 18.0 Å². The van der Waals surface area contributed by atoms with E-state index >= 15 is 0 Å². The van der Waals surface area contributed by atoms with Gasteiger partial charge in [-0.2, -0.15) is 0 Å². The summed E-state index contributed by atoms with van der Waals surface area (Å²) in [5.74, 6) is -1.18. The molecule has 0 radical (unpaired) electrons. The molecule has 152 valence electrons. The Morgan fingerprint density at radius 2 is 2.03 bits per heavy atom. The minimum atomic E-state index is -0.561. The smallest absolute Gasteiger partial charge is 0.289 e. The number of nitrogens with one attached hydrogen (secondary N) is 3. The largest absolute Gasteiger partial charge is 0.378 e. The summed E-state index contributed by atoms with van der Waals surface area (Å²) in [5, 5.41) is 4.62. The Hall–Kier alpha value is -2.63. The number of carbonyl (C=O) groups excluding carboxylic acids is 3. The average Bonchev–Trinajstić information content (AvgIpc) is 3.24. The number of ether oxygens (including phenoxy) is 1. The van der Waals surface area contributed by atoms with Gasteiger partial charge in [0.05, 0.1) is 24.2 Å². The highest BCUT2D eigenvalue weighted by atomic mass is 32.2. The van der Waals surface area contributed by atoms with Crippen molar-refractivity contribution in [3.63, 3.8) is 0 Å². The van der Waals surface area contributed by atoms with Gasteiger partial charge < -0.3 is 15.0 Å². The van der Waals surface area contributed by atoms with Gasteiger partial charge in [-0.15, -0.1) is 23.1 Å². The van der Waals surface area contributed by atoms with E-state index in [9.17, 15) is 14.4 Å². The summed E-state index contributed by atoms with van der Waals surface area (Å²) >= 11 is 2.70. The lowest BCUT2D eigenvalue weighted by Crippen LogP contribution is -2.44. The average molecular weight is 434 g/mol. The Balaban J connectivity index is 1.28. The number of para-hydroxylation sites is 1. The maximum absolute atomic E-state index is 12.3. The molecule has 1 saturated heterocycles. The van der Waals surface area contributed by atoms with Crippen LogP contribution in [0.15, 0.2) is 34.5 Å². The summed E-state index contributed by atoms with van der Waals surface area (Å²) in [5.41, 5.74) is 5.70. The van der Waals surface area contributed by atoms with Crippen molar-refractivity contribution in [2.75, 3.05) is 36.5 Å². The molecule has 3 amide bonds. The molecule has 2 aromatic rings. The number of hydrogen-bond donors (Lipinski definition) is 3. The number of amides is 3. The van der Waals surface area contributed by atoms with Crippen LogP contribution in [0.4, 0.5) is 10.8 Å². The Labute approximate surface area is 175 Å². The molecule has 0 saturated carbocycles. The first-order valence-electron chi connectivity index (χ1n) is 9.04. The summed E-state index contributed by atoms with van der Waals surface area (Å²) in [4.78, 5) is 43.9. The molecular weight excluding hydrogens is 414 g/mol. The van der Waals surface area contributed by atoms with Gasteiger partial charge in [0.25, 0.3) is 5.91 Å². The van der Waals surface area contributed by atoms with Crippen LogP contribution in [-0.2, 0) is 14.3 Å². The van der Waals surface area contributed by atoms with Gasteiger partial charge in [-0.05, 0) is 12.1 Å². The number of carbonyl (C=O) groups is 3. The highest BCUT2D eigenvalue weighted by Gasteiger charge is 2.29. The number of anilines is 2. The van der Waals surface area contributed by atoms with Crippen LogP contribution in [0.25, 0.3) is 0 Å². The molecule has 2 aliphatic heterocycles. The van der Waals surface area contributed by atoms with Crippen LogP contribution in [0.3, 0.4) is 0 Å². The zero-order chi connectivity index (χ0) is 20.2. The van der Waals surface area contributed by atoms with E-state index < -0.39 is 17.1 Å². The highest BCUT2D eigenvalue weighted by molar-refractivity contribution is 8.01. The van der Waals surface area contributed by atoms with Gasteiger partial charge >= 0.3 is 0 Å². The molecule has 0 aliphatic carbocycles. The lowest BCUT2D eigenvalue weighted by Gasteiger charge is -2.25. The lowest BCUT2D eigenvalue weighted by molar-refractivity contribution is -0.124. The standard InChI is InChI=1S/C18H19N5O4S2/c24-15(9-14-17(26)19-11-3-1-2-4-13(11)29-14)21-22-16(25)12-10-28-18(20-12)23-5-7-27-8-6-23/h1-4,10,14H,5-9H2,(H,19,26)(H,21,24)(H,22,25). The van der Waals surface area contributed by atoms with Crippen molar-refractivity contribution in [3.05, 3.63) is 35.3 Å². The van der Waals surface area contributed by atoms with Crippen LogP contribution >= 0.6 is 23.1 Å². The van der Waals surface area contributed by atoms with E-state index in [1.54, 1.807) is 5.38 Å². The van der Waals surface area contributed by atoms with Gasteiger partial charge in [-0.1, -0.05) is 12.1 Å². The first-order valence-corrected chi connectivity index (χ1v) is 10.8. The molecule has 0 bridgehead atoms. The number of aromatic nitrogens is 1. The number of morpholine rings is 1. The molecule has 11 heteroatoms. The third-order valence-electron chi connectivity index (χ3n) is 4.40. The molecule has 1 aromatic heterocycles. The first-order chi connectivity index (χ1) is 14.1. The predicted molar refractivity (Wildman–Crippen MR) is 110 cm³/mol. The summed E-state index contributed by atoms with van der Waals surface area (Å²) in [6, 6.07) is 7.42. The van der Waals surface area contributed by atoms with Crippen molar-refractivity contribution in [1.29, 1.82) is 0 Å². The number of thioether (sulfide) groups is 1. The number of benzene rings is 1. The molecule has 1 unspecified atom stereocenters. The number of thiazole rings is 1. The van der Waals surface area contributed by atoms with Crippen LogP contribution < -0.4 is 21.1 Å². The molecular formula is C18H19N5O4S2. The van der Waals surface area contributed by atoms with Crippen molar-refractivity contribution >= 4 is 51.6 Å². The van der Waals surface area contributed by atoms with E-state index in [1.807, 2.05) is 24.3 Å². The fraction of sp³-hybridized carbons (Fsp3) is 0.333. The number of hydrogen-bond acceptors (Lipinski definition) is 8. The Morgan fingerprint density at radius 3 is 2.86 bits per heavy atom. The molecule has 1 fully saturated rings. The van der Waals surface area contributed by atoms with Crippen LogP contribution in [0.5, 0.6) is 0 Å². The Bertz CT molecular complexity index is 928. The fourth-order valence-electron chi connectivity index (χ4n) is 2.91. The zero-order valence-corrected chi connectivity index (χ0v) is 17.0. The second-order valence-corrected chi connectivity index (χ2v) is 8.49. The molecule has 3 heterocycles. The van der Waals surface area contributed by atoms with E-state index in [4.69, 9.17) is 4.74 Å². The summed E-state index contributed by atoms with van der Waals surface area (Å²) in [6.45, 7) is 2.73. The molecule has 2 aliphatic rings. The second-order valence-electron chi connectivity index (χ2n) is 6.41. The maximum Gasteiger partial charge on any atom is 0.289 e. The molecule has 1 atom stereocenters. The van der Waals surface area contributed by atoms with Crippen molar-refractivity contribution < 1.29 is 19.1 Å². The highest BCUT2D eigenvalue weighted by Crippen LogP contribution is 2.36. The normalized spacial score (nSPS) is 18.6. The van der Waals surface area contributed by atoms with Crippen LogP contribution in [0.2, 0.25) is 0 Å². The molecule has 4 rings (SSSR count). The Morgan fingerprint density at radius 1 is 1.24 bits per heavy atom. The molecule has 3 N–H and O–H groups in total. The van der Waals surface area contributed by atoms with Gasteiger partial charge in [-0.25, -0.2) is 4.98 Å². The van der Waals surface area contributed by atoms with Crippen molar-refractivity contribution in [2.24, 2.45) is 0 Å². The van der Waals surface area contributed by atoms with Gasteiger partial charge in [0, 0.05) is 29.8 Å². The van der Waals surface area contributed by atoms with Crippen molar-refractivity contribution in [3.8, 4) is 0 Å². The molecule has 29 heavy (non-hydrogen) atoms. The third-order valence-corrected chi connectivity index (χ3v) is 6.58. The third kappa shape index (κ3) is 4.69.